The molecule has 3 N–H and O–H groups in total. The first-order valence-electron chi connectivity index (χ1n) is 20.4. The molecule has 0 spiro atoms. The molecule has 3 rings (SSSR count). The highest BCUT2D eigenvalue weighted by atomic mass is 16.7. The molecule has 0 aromatic heterocycles. The van der Waals surface area contributed by atoms with Crippen molar-refractivity contribution in [3.05, 3.63) is 34.9 Å². The molecule has 1 heterocycles. The SMILES string of the molecule is CC(=O)OC(C=C(C)C(CC1C(C)=CCC(=O)C1(C)C)OC(C)=O)CC=C(C)CCC1C(C)(OC(C)=O)CCC(OC2OC(CO)C(O)C(O)C2OC(C)=O)C1(C)C. The molecule has 14 nitrogen and oxygen atoms in total. The van der Waals surface area contributed by atoms with Crippen LogP contribution in [0.4, 0.5) is 0 Å². The normalized spacial score (nSPS) is 32.3. The number of aliphatic hydroxyl groups is 3. The minimum absolute atomic E-state index is 0.125. The fraction of sp³-hybridized carbons (Fsp3) is 0.750. The van der Waals surface area contributed by atoms with Gasteiger partial charge in [-0.25, -0.2) is 0 Å². The third-order valence-electron chi connectivity index (χ3n) is 12.5. The summed E-state index contributed by atoms with van der Waals surface area (Å²) in [6, 6.07) is 0. The van der Waals surface area contributed by atoms with Crippen LogP contribution in [0, 0.1) is 22.7 Å². The van der Waals surface area contributed by atoms with Crippen LogP contribution in [0.3, 0.4) is 0 Å². The Kier molecular flexibility index (Phi) is 17.1. The molecule has 0 amide bonds. The summed E-state index contributed by atoms with van der Waals surface area (Å²) in [5.41, 5.74) is 0.558. The van der Waals surface area contributed by atoms with Crippen molar-refractivity contribution in [2.75, 3.05) is 6.61 Å². The van der Waals surface area contributed by atoms with Crippen LogP contribution >= 0.6 is 0 Å². The number of Topliss-reactive ketones (excluding diaryl/α,β-unsaturated/α-hetero) is 1. The summed E-state index contributed by atoms with van der Waals surface area (Å²) in [7, 11) is 0. The predicted molar refractivity (Wildman–Crippen MR) is 213 cm³/mol. The molecule has 11 atom stereocenters. The monoisotopic (exact) mass is 820 g/mol. The van der Waals surface area contributed by atoms with Gasteiger partial charge in [0.05, 0.1) is 12.7 Å². The molecule has 1 aliphatic heterocycles. The molecular weight excluding hydrogens is 752 g/mol. The maximum atomic E-state index is 12.8. The molecule has 14 heteroatoms. The van der Waals surface area contributed by atoms with Crippen LogP contribution in [0.15, 0.2) is 34.9 Å². The summed E-state index contributed by atoms with van der Waals surface area (Å²) in [6.07, 6.45) is 0.0425. The van der Waals surface area contributed by atoms with Gasteiger partial charge in [0.2, 0.25) is 0 Å². The van der Waals surface area contributed by atoms with Crippen LogP contribution < -0.4 is 0 Å². The van der Waals surface area contributed by atoms with Gasteiger partial charge in [-0.2, -0.15) is 0 Å². The second kappa shape index (κ2) is 20.2. The summed E-state index contributed by atoms with van der Waals surface area (Å²) in [5.74, 6) is -2.35. The van der Waals surface area contributed by atoms with Crippen molar-refractivity contribution >= 4 is 29.7 Å². The Bertz CT molecular complexity index is 1590. The number of ether oxygens (including phenoxy) is 6. The van der Waals surface area contributed by atoms with Gasteiger partial charge in [-0.05, 0) is 82.8 Å². The first kappa shape index (κ1) is 48.9. The molecule has 2 fully saturated rings. The number of ketones is 1. The van der Waals surface area contributed by atoms with Gasteiger partial charge in [-0.15, -0.1) is 0 Å². The maximum absolute atomic E-state index is 12.8. The number of esters is 4. The van der Waals surface area contributed by atoms with Crippen LogP contribution in [-0.2, 0) is 52.4 Å². The zero-order chi connectivity index (χ0) is 43.9. The summed E-state index contributed by atoms with van der Waals surface area (Å²) in [4.78, 5) is 61.7. The van der Waals surface area contributed by atoms with Gasteiger partial charge in [0.25, 0.3) is 0 Å². The van der Waals surface area contributed by atoms with Gasteiger partial charge in [-0.1, -0.05) is 51.0 Å². The Morgan fingerprint density at radius 3 is 2.14 bits per heavy atom. The molecule has 0 bridgehead atoms. The van der Waals surface area contributed by atoms with Gasteiger partial charge >= 0.3 is 23.9 Å². The minimum Gasteiger partial charge on any atom is -0.459 e. The van der Waals surface area contributed by atoms with Crippen LogP contribution in [0.1, 0.15) is 128 Å². The lowest BCUT2D eigenvalue weighted by molar-refractivity contribution is -0.329. The molecule has 3 aliphatic rings. The average Bonchev–Trinajstić information content (AvgIpc) is 3.10. The van der Waals surface area contributed by atoms with Crippen LogP contribution in [0.5, 0.6) is 0 Å². The van der Waals surface area contributed by atoms with E-state index in [0.717, 1.165) is 11.1 Å². The number of hydrogen-bond donors (Lipinski definition) is 3. The number of carbonyl (C=O) groups is 5. The van der Waals surface area contributed by atoms with E-state index < -0.39 is 95.9 Å². The van der Waals surface area contributed by atoms with Gasteiger partial charge in [0, 0.05) is 51.9 Å². The number of carbonyl (C=O) groups excluding carboxylic acids is 5. The molecule has 11 unspecified atom stereocenters. The number of aliphatic hydroxyl groups excluding tert-OH is 3. The van der Waals surface area contributed by atoms with Crippen LogP contribution in [0.2, 0.25) is 0 Å². The van der Waals surface area contributed by atoms with E-state index in [1.165, 1.54) is 27.7 Å². The molecule has 0 aromatic carbocycles. The van der Waals surface area contributed by atoms with E-state index in [1.807, 2.05) is 67.5 Å². The first-order valence-corrected chi connectivity index (χ1v) is 20.4. The highest BCUT2D eigenvalue weighted by Gasteiger charge is 2.56. The van der Waals surface area contributed by atoms with Crippen LogP contribution in [0.25, 0.3) is 0 Å². The van der Waals surface area contributed by atoms with E-state index in [1.54, 1.807) is 6.08 Å². The Morgan fingerprint density at radius 2 is 1.57 bits per heavy atom. The minimum atomic E-state index is -1.57. The van der Waals surface area contributed by atoms with Gasteiger partial charge < -0.3 is 43.7 Å². The summed E-state index contributed by atoms with van der Waals surface area (Å²) in [5, 5.41) is 31.1. The Labute approximate surface area is 343 Å². The van der Waals surface area contributed by atoms with Crippen molar-refractivity contribution < 1.29 is 67.7 Å². The third-order valence-corrected chi connectivity index (χ3v) is 12.5. The van der Waals surface area contributed by atoms with Crippen molar-refractivity contribution in [1.29, 1.82) is 0 Å². The molecule has 1 saturated heterocycles. The van der Waals surface area contributed by atoms with E-state index in [9.17, 15) is 39.3 Å². The van der Waals surface area contributed by atoms with E-state index in [-0.39, 0.29) is 17.6 Å². The Balaban J connectivity index is 1.86. The number of rotatable bonds is 16. The second-order valence-corrected chi connectivity index (χ2v) is 17.8. The van der Waals surface area contributed by atoms with E-state index >= 15 is 0 Å². The van der Waals surface area contributed by atoms with Crippen molar-refractivity contribution in [3.8, 4) is 0 Å². The molecule has 0 aromatic rings. The van der Waals surface area contributed by atoms with Crippen LogP contribution in [-0.4, -0.2) is 106 Å². The zero-order valence-corrected chi connectivity index (χ0v) is 36.5. The summed E-state index contributed by atoms with van der Waals surface area (Å²) in [6.45, 7) is 20.1. The summed E-state index contributed by atoms with van der Waals surface area (Å²) >= 11 is 0. The van der Waals surface area contributed by atoms with Crippen molar-refractivity contribution in [2.45, 2.75) is 183 Å². The van der Waals surface area contributed by atoms with Crippen molar-refractivity contribution in [3.63, 3.8) is 0 Å². The Morgan fingerprint density at radius 1 is 0.931 bits per heavy atom. The zero-order valence-electron chi connectivity index (χ0n) is 36.5. The fourth-order valence-corrected chi connectivity index (χ4v) is 9.19. The van der Waals surface area contributed by atoms with Gasteiger partial charge in [0.1, 0.15) is 41.9 Å². The molecular formula is C44H68O14. The topological polar surface area (TPSA) is 201 Å². The highest BCUT2D eigenvalue weighted by molar-refractivity contribution is 5.87. The highest BCUT2D eigenvalue weighted by Crippen LogP contribution is 2.52. The first-order chi connectivity index (χ1) is 26.8. The number of hydrogen-bond acceptors (Lipinski definition) is 14. The Hall–Kier alpha value is -3.43. The van der Waals surface area contributed by atoms with Gasteiger partial charge in [0.15, 0.2) is 12.4 Å². The largest absolute Gasteiger partial charge is 0.459 e. The lowest BCUT2D eigenvalue weighted by Gasteiger charge is -2.54. The van der Waals surface area contributed by atoms with E-state index in [4.69, 9.17) is 28.4 Å². The molecule has 0 radical (unpaired) electrons. The number of allylic oxidation sites excluding steroid dienone is 3. The molecule has 2 aliphatic carbocycles. The fourth-order valence-electron chi connectivity index (χ4n) is 9.19. The molecule has 328 valence electrons. The molecule has 58 heavy (non-hydrogen) atoms. The van der Waals surface area contributed by atoms with E-state index in [0.29, 0.717) is 50.5 Å². The van der Waals surface area contributed by atoms with Gasteiger partial charge in [-0.3, -0.25) is 24.0 Å². The average molecular weight is 821 g/mol. The van der Waals surface area contributed by atoms with E-state index in [2.05, 4.69) is 0 Å². The lowest BCUT2D eigenvalue weighted by atomic mass is 9.58. The second-order valence-electron chi connectivity index (χ2n) is 17.8. The molecule has 1 saturated carbocycles. The van der Waals surface area contributed by atoms with Crippen molar-refractivity contribution in [1.82, 2.24) is 0 Å². The maximum Gasteiger partial charge on any atom is 0.303 e. The smallest absolute Gasteiger partial charge is 0.303 e. The predicted octanol–water partition coefficient (Wildman–Crippen LogP) is 5.38. The van der Waals surface area contributed by atoms with Crippen molar-refractivity contribution in [2.24, 2.45) is 22.7 Å². The summed E-state index contributed by atoms with van der Waals surface area (Å²) < 4.78 is 35.2. The third kappa shape index (κ3) is 12.3. The lowest BCUT2D eigenvalue weighted by Crippen LogP contribution is -2.63. The standard InChI is InChI=1S/C44H68O14/c1-24(13-16-31(53-27(4)46)21-26(3)33(54-28(5)47)22-32-25(2)15-18-36(50)42(32,8)9)14-17-35-43(10,11)37(19-20-44(35,12)58-30(7)49)57-41-40(55-29(6)48)39(52)38(51)34(23-45)56-41/h13,15,21,31-35,37-41,45,51-52H,14,16-20,22-23H2,1-12H3. The quantitative estimate of drug-likeness (QED) is 0.102.